The van der Waals surface area contributed by atoms with E-state index in [4.69, 9.17) is 0 Å². The second-order valence-corrected chi connectivity index (χ2v) is 10.3. The van der Waals surface area contributed by atoms with E-state index in [1.807, 2.05) is 0 Å². The maximum Gasteiger partial charge on any atom is 0.332 e. The van der Waals surface area contributed by atoms with Gasteiger partial charge in [0.25, 0.3) is 0 Å². The quantitative estimate of drug-likeness (QED) is 0.554. The molecule has 0 bridgehead atoms. The highest BCUT2D eigenvalue weighted by Gasteiger charge is 2.43. The van der Waals surface area contributed by atoms with Crippen LogP contribution in [0.25, 0.3) is 0 Å². The van der Waals surface area contributed by atoms with Crippen LogP contribution < -0.4 is 0 Å². The highest BCUT2D eigenvalue weighted by molar-refractivity contribution is 5.99. The molecule has 0 heterocycles. The maximum absolute atomic E-state index is 12.5. The van der Waals surface area contributed by atoms with E-state index in [2.05, 4.69) is 41.5 Å². The van der Waals surface area contributed by atoms with Crippen LogP contribution in [0.4, 0.5) is 0 Å². The third-order valence-corrected chi connectivity index (χ3v) is 7.54. The summed E-state index contributed by atoms with van der Waals surface area (Å²) in [5.74, 6) is -0.252. The molecular weight excluding hydrogens is 352 g/mol. The predicted octanol–water partition coefficient (Wildman–Crippen LogP) is 5.87. The lowest BCUT2D eigenvalue weighted by Gasteiger charge is -2.41. The molecule has 0 aromatic carbocycles. The van der Waals surface area contributed by atoms with Crippen molar-refractivity contribution < 1.29 is 19.8 Å². The van der Waals surface area contributed by atoms with Crippen LogP contribution in [0, 0.1) is 47.3 Å². The standard InChI is InChI=1S/C24H40O4/c1-13(2)17-9-7-15(5)11-19(17)21(23(25)26)22(24(27)28)20-12-16(6)8-10-18(20)14(3)4/h13-20H,7-12H2,1-6H3,(H,25,26)(H,27,28)/b22-21+/t15-,16-,17+,18+,19-,20-/m1/s1. The molecule has 0 unspecified atom stereocenters. The summed E-state index contributed by atoms with van der Waals surface area (Å²) >= 11 is 0. The first-order valence-corrected chi connectivity index (χ1v) is 11.2. The van der Waals surface area contributed by atoms with Crippen LogP contribution in [0.5, 0.6) is 0 Å². The van der Waals surface area contributed by atoms with Gasteiger partial charge >= 0.3 is 11.9 Å². The third-order valence-electron chi connectivity index (χ3n) is 7.54. The monoisotopic (exact) mass is 392 g/mol. The van der Waals surface area contributed by atoms with E-state index < -0.39 is 11.9 Å². The molecule has 4 nitrogen and oxygen atoms in total. The van der Waals surface area contributed by atoms with Gasteiger partial charge in [-0.15, -0.1) is 0 Å². The third kappa shape index (κ3) is 4.99. The Kier molecular flexibility index (Phi) is 7.75. The highest BCUT2D eigenvalue weighted by atomic mass is 16.4. The van der Waals surface area contributed by atoms with Gasteiger partial charge in [-0.3, -0.25) is 0 Å². The zero-order valence-corrected chi connectivity index (χ0v) is 18.6. The summed E-state index contributed by atoms with van der Waals surface area (Å²) in [6.45, 7) is 12.9. The van der Waals surface area contributed by atoms with Crippen molar-refractivity contribution in [1.82, 2.24) is 0 Å². The van der Waals surface area contributed by atoms with Crippen molar-refractivity contribution in [3.8, 4) is 0 Å². The Bertz CT molecular complexity index is 552. The Labute approximate surface area is 170 Å². The van der Waals surface area contributed by atoms with Crippen LogP contribution in [0.1, 0.15) is 80.1 Å². The van der Waals surface area contributed by atoms with Gasteiger partial charge in [-0.1, -0.05) is 54.4 Å². The van der Waals surface area contributed by atoms with Crippen LogP contribution in [0.3, 0.4) is 0 Å². The zero-order chi connectivity index (χ0) is 21.2. The van der Waals surface area contributed by atoms with E-state index in [1.54, 1.807) is 0 Å². The fourth-order valence-corrected chi connectivity index (χ4v) is 6.02. The van der Waals surface area contributed by atoms with E-state index >= 15 is 0 Å². The summed E-state index contributed by atoms with van der Waals surface area (Å²) in [5, 5.41) is 20.5. The molecule has 2 saturated carbocycles. The van der Waals surface area contributed by atoms with Gasteiger partial charge in [-0.05, 0) is 73.0 Å². The minimum atomic E-state index is -1.01. The van der Waals surface area contributed by atoms with Crippen molar-refractivity contribution in [3.63, 3.8) is 0 Å². The molecule has 0 aromatic rings. The number of hydrogen-bond donors (Lipinski definition) is 2. The second kappa shape index (κ2) is 9.45. The zero-order valence-electron chi connectivity index (χ0n) is 18.6. The topological polar surface area (TPSA) is 74.6 Å². The molecule has 4 heteroatoms. The van der Waals surface area contributed by atoms with Gasteiger partial charge in [-0.25, -0.2) is 9.59 Å². The molecule has 0 aliphatic heterocycles. The average molecular weight is 393 g/mol. The molecule has 6 atom stereocenters. The molecule has 2 rings (SSSR count). The Morgan fingerprint density at radius 2 is 1.00 bits per heavy atom. The molecule has 0 radical (unpaired) electrons. The minimum absolute atomic E-state index is 0.155. The summed E-state index contributed by atoms with van der Waals surface area (Å²) in [5.41, 5.74) is 0.449. The molecule has 0 saturated heterocycles. The Hall–Kier alpha value is -1.32. The molecule has 0 aromatic heterocycles. The molecule has 28 heavy (non-hydrogen) atoms. The van der Waals surface area contributed by atoms with Gasteiger partial charge in [-0.2, -0.15) is 0 Å². The van der Waals surface area contributed by atoms with Crippen LogP contribution in [0.15, 0.2) is 11.1 Å². The number of carbonyl (C=O) groups is 2. The van der Waals surface area contributed by atoms with Gasteiger partial charge < -0.3 is 10.2 Å². The molecule has 2 N–H and O–H groups in total. The van der Waals surface area contributed by atoms with E-state index in [-0.39, 0.29) is 34.8 Å². The molecule has 2 aliphatic carbocycles. The number of rotatable bonds is 6. The largest absolute Gasteiger partial charge is 0.478 e. The number of hydrogen-bond acceptors (Lipinski definition) is 2. The van der Waals surface area contributed by atoms with E-state index in [0.717, 1.165) is 38.5 Å². The summed E-state index contributed by atoms with van der Waals surface area (Å²) in [4.78, 5) is 25.0. The normalized spacial score (nSPS) is 35.0. The molecule has 2 fully saturated rings. The van der Waals surface area contributed by atoms with Gasteiger partial charge in [0.2, 0.25) is 0 Å². The van der Waals surface area contributed by atoms with Crippen molar-refractivity contribution in [1.29, 1.82) is 0 Å². The van der Waals surface area contributed by atoms with Crippen molar-refractivity contribution >= 4 is 11.9 Å². The van der Waals surface area contributed by atoms with Crippen LogP contribution in [-0.2, 0) is 9.59 Å². The molecule has 2 aliphatic rings. The van der Waals surface area contributed by atoms with Crippen molar-refractivity contribution in [3.05, 3.63) is 11.1 Å². The summed E-state index contributed by atoms with van der Waals surface area (Å²) in [7, 11) is 0. The second-order valence-electron chi connectivity index (χ2n) is 10.3. The lowest BCUT2D eigenvalue weighted by Crippen LogP contribution is -2.37. The van der Waals surface area contributed by atoms with Crippen LogP contribution in [0.2, 0.25) is 0 Å². The first-order valence-electron chi connectivity index (χ1n) is 11.2. The number of carboxylic acids is 2. The number of aliphatic carboxylic acids is 2. The van der Waals surface area contributed by atoms with Gasteiger partial charge in [0.1, 0.15) is 0 Å². The average Bonchev–Trinajstić information content (AvgIpc) is 2.58. The van der Waals surface area contributed by atoms with Gasteiger partial charge in [0.15, 0.2) is 0 Å². The molecule has 0 amide bonds. The Morgan fingerprint density at radius 1 is 0.679 bits per heavy atom. The van der Waals surface area contributed by atoms with E-state index in [0.29, 0.717) is 23.7 Å². The van der Waals surface area contributed by atoms with E-state index in [9.17, 15) is 19.8 Å². The fourth-order valence-electron chi connectivity index (χ4n) is 6.02. The van der Waals surface area contributed by atoms with Crippen molar-refractivity contribution in [2.24, 2.45) is 47.3 Å². The lowest BCUT2D eigenvalue weighted by molar-refractivity contribution is -0.137. The lowest BCUT2D eigenvalue weighted by atomic mass is 9.62. The van der Waals surface area contributed by atoms with Gasteiger partial charge in [0.05, 0.1) is 11.1 Å². The Morgan fingerprint density at radius 3 is 1.25 bits per heavy atom. The molecular formula is C24H40O4. The van der Waals surface area contributed by atoms with Crippen LogP contribution >= 0.6 is 0 Å². The highest BCUT2D eigenvalue weighted by Crippen LogP contribution is 2.47. The van der Waals surface area contributed by atoms with Gasteiger partial charge in [0, 0.05) is 0 Å². The Balaban J connectivity index is 2.62. The molecule has 160 valence electrons. The first kappa shape index (κ1) is 23.0. The van der Waals surface area contributed by atoms with Crippen molar-refractivity contribution in [2.75, 3.05) is 0 Å². The minimum Gasteiger partial charge on any atom is -0.478 e. The first-order chi connectivity index (χ1) is 13.0. The molecule has 0 spiro atoms. The van der Waals surface area contributed by atoms with Crippen LogP contribution in [-0.4, -0.2) is 22.2 Å². The fraction of sp³-hybridized carbons (Fsp3) is 0.833. The van der Waals surface area contributed by atoms with Crippen molar-refractivity contribution in [2.45, 2.75) is 80.1 Å². The summed E-state index contributed by atoms with van der Waals surface area (Å²) in [6, 6.07) is 0. The summed E-state index contributed by atoms with van der Waals surface area (Å²) < 4.78 is 0. The smallest absolute Gasteiger partial charge is 0.332 e. The predicted molar refractivity (Wildman–Crippen MR) is 112 cm³/mol. The van der Waals surface area contributed by atoms with E-state index in [1.165, 1.54) is 0 Å². The maximum atomic E-state index is 12.5. The SMILES string of the molecule is CC(C)[C@@H]1CC[C@@H](C)C[C@H]1/C(C(=O)O)=C(\C(=O)O)[C@@H]1C[C@H](C)CC[C@H]1C(C)C. The number of carboxylic acid groups (broad SMARTS) is 2. The summed E-state index contributed by atoms with van der Waals surface area (Å²) in [6.07, 6.45) is 5.75.